The molecule has 1 aliphatic heterocycles. The van der Waals surface area contributed by atoms with Gasteiger partial charge in [-0.3, -0.25) is 9.59 Å². The van der Waals surface area contributed by atoms with Gasteiger partial charge >= 0.3 is 5.97 Å². The summed E-state index contributed by atoms with van der Waals surface area (Å²) in [4.78, 5) is 22.9. The molecule has 1 fully saturated rings. The third-order valence-corrected chi connectivity index (χ3v) is 2.74. The highest BCUT2D eigenvalue weighted by Gasteiger charge is 2.44. The van der Waals surface area contributed by atoms with Gasteiger partial charge in [-0.05, 0) is 13.8 Å². The van der Waals surface area contributed by atoms with Gasteiger partial charge in [0.2, 0.25) is 5.91 Å². The normalized spacial score (nSPS) is 28.8. The Balaban J connectivity index is 2.43. The molecule has 0 aliphatic carbocycles. The minimum atomic E-state index is -0.757. The summed E-state index contributed by atoms with van der Waals surface area (Å²) in [5.41, 5.74) is 5.02. The molecule has 1 amide bonds. The first-order valence-electron chi connectivity index (χ1n) is 5.28. The van der Waals surface area contributed by atoms with Crippen molar-refractivity contribution in [1.82, 2.24) is 5.32 Å². The second kappa shape index (κ2) is 5.27. The lowest BCUT2D eigenvalue weighted by Gasteiger charge is -2.25. The molecule has 2 unspecified atom stereocenters. The second-order valence-electron chi connectivity index (χ2n) is 4.03. The minimum Gasteiger partial charge on any atom is -0.465 e. The van der Waals surface area contributed by atoms with Gasteiger partial charge in [0.1, 0.15) is 6.54 Å². The van der Waals surface area contributed by atoms with Crippen LogP contribution in [-0.4, -0.2) is 44.3 Å². The van der Waals surface area contributed by atoms with E-state index >= 15 is 0 Å². The summed E-state index contributed by atoms with van der Waals surface area (Å²) in [6.45, 7) is 4.25. The van der Waals surface area contributed by atoms with Crippen LogP contribution < -0.4 is 11.1 Å². The van der Waals surface area contributed by atoms with E-state index in [1.54, 1.807) is 13.8 Å². The number of hydrogen-bond donors (Lipinski definition) is 2. The van der Waals surface area contributed by atoms with Gasteiger partial charge in [0.05, 0.1) is 25.2 Å². The summed E-state index contributed by atoms with van der Waals surface area (Å²) in [5.74, 6) is -0.725. The zero-order valence-electron chi connectivity index (χ0n) is 9.62. The zero-order valence-corrected chi connectivity index (χ0v) is 9.62. The number of carbonyl (C=O) groups excluding carboxylic acids is 2. The summed E-state index contributed by atoms with van der Waals surface area (Å²) in [6.07, 6.45) is 0. The van der Waals surface area contributed by atoms with E-state index in [0.717, 1.165) is 0 Å². The van der Waals surface area contributed by atoms with Crippen molar-refractivity contribution in [3.8, 4) is 0 Å². The van der Waals surface area contributed by atoms with Gasteiger partial charge in [0, 0.05) is 6.04 Å². The third-order valence-electron chi connectivity index (χ3n) is 2.74. The second-order valence-corrected chi connectivity index (χ2v) is 4.03. The molecule has 3 N–H and O–H groups in total. The van der Waals surface area contributed by atoms with Crippen LogP contribution in [0, 0.1) is 5.41 Å². The van der Waals surface area contributed by atoms with Crippen LogP contribution in [0.2, 0.25) is 0 Å². The molecule has 0 aromatic heterocycles. The van der Waals surface area contributed by atoms with Crippen LogP contribution >= 0.6 is 0 Å². The van der Waals surface area contributed by atoms with Crippen molar-refractivity contribution in [3.05, 3.63) is 0 Å². The molecule has 6 heteroatoms. The predicted octanol–water partition coefficient (Wildman–Crippen LogP) is -0.970. The summed E-state index contributed by atoms with van der Waals surface area (Å²) >= 11 is 0. The van der Waals surface area contributed by atoms with Crippen molar-refractivity contribution in [2.45, 2.75) is 19.9 Å². The molecule has 6 nitrogen and oxygen atoms in total. The molecule has 0 aromatic rings. The first-order chi connectivity index (χ1) is 7.50. The van der Waals surface area contributed by atoms with E-state index in [9.17, 15) is 9.59 Å². The molecule has 0 aromatic carbocycles. The lowest BCUT2D eigenvalue weighted by atomic mass is 9.85. The largest absolute Gasteiger partial charge is 0.465 e. The van der Waals surface area contributed by atoms with Crippen LogP contribution in [0.1, 0.15) is 13.8 Å². The molecule has 1 heterocycles. The maximum atomic E-state index is 11.8. The number of nitrogens with one attached hydrogen (secondary N) is 1. The van der Waals surface area contributed by atoms with Gasteiger partial charge < -0.3 is 20.5 Å². The molecule has 0 spiro atoms. The fourth-order valence-electron chi connectivity index (χ4n) is 1.49. The molecule has 0 saturated carbocycles. The van der Waals surface area contributed by atoms with Crippen LogP contribution in [0.25, 0.3) is 0 Å². The van der Waals surface area contributed by atoms with Crippen molar-refractivity contribution in [2.24, 2.45) is 11.1 Å². The average Bonchev–Trinajstić information content (AvgIpc) is 2.57. The van der Waals surface area contributed by atoms with Crippen molar-refractivity contribution in [3.63, 3.8) is 0 Å². The molecule has 0 radical (unpaired) electrons. The number of hydrogen-bond acceptors (Lipinski definition) is 5. The zero-order chi connectivity index (χ0) is 12.2. The lowest BCUT2D eigenvalue weighted by Crippen LogP contribution is -2.50. The van der Waals surface area contributed by atoms with E-state index in [-0.39, 0.29) is 25.1 Å². The lowest BCUT2D eigenvalue weighted by molar-refractivity contribution is -0.144. The standard InChI is InChI=1S/C10H18N2O4/c1-3-16-8(13)4-12-9(14)10(2)6-15-5-7(10)11/h7H,3-6,11H2,1-2H3,(H,12,14). The summed E-state index contributed by atoms with van der Waals surface area (Å²) in [5, 5.41) is 2.51. The van der Waals surface area contributed by atoms with E-state index in [0.29, 0.717) is 13.2 Å². The van der Waals surface area contributed by atoms with Gasteiger partial charge in [-0.2, -0.15) is 0 Å². The van der Waals surface area contributed by atoms with Gasteiger partial charge in [-0.1, -0.05) is 0 Å². The van der Waals surface area contributed by atoms with E-state index in [1.807, 2.05) is 0 Å². The highest BCUT2D eigenvalue weighted by atomic mass is 16.5. The number of rotatable bonds is 4. The van der Waals surface area contributed by atoms with Crippen molar-refractivity contribution < 1.29 is 19.1 Å². The molecule has 1 saturated heterocycles. The molecule has 0 bridgehead atoms. The van der Waals surface area contributed by atoms with Gasteiger partial charge in [0.25, 0.3) is 0 Å². The topological polar surface area (TPSA) is 90.6 Å². The molecular formula is C10H18N2O4. The summed E-state index contributed by atoms with van der Waals surface area (Å²) < 4.78 is 9.84. The van der Waals surface area contributed by atoms with E-state index in [4.69, 9.17) is 15.2 Å². The van der Waals surface area contributed by atoms with Crippen LogP contribution in [0.15, 0.2) is 0 Å². The van der Waals surface area contributed by atoms with Crippen molar-refractivity contribution in [1.29, 1.82) is 0 Å². The summed E-state index contributed by atoms with van der Waals surface area (Å²) in [6, 6.07) is -0.338. The monoisotopic (exact) mass is 230 g/mol. The Morgan fingerprint density at radius 3 is 2.81 bits per heavy atom. The maximum Gasteiger partial charge on any atom is 0.325 e. The van der Waals surface area contributed by atoms with Gasteiger partial charge in [0.15, 0.2) is 0 Å². The minimum absolute atomic E-state index is 0.130. The van der Waals surface area contributed by atoms with Gasteiger partial charge in [-0.15, -0.1) is 0 Å². The van der Waals surface area contributed by atoms with Crippen LogP contribution in [0.3, 0.4) is 0 Å². The predicted molar refractivity (Wildman–Crippen MR) is 56.5 cm³/mol. The molecule has 92 valence electrons. The van der Waals surface area contributed by atoms with E-state index < -0.39 is 11.4 Å². The Hall–Kier alpha value is -1.14. The average molecular weight is 230 g/mol. The molecular weight excluding hydrogens is 212 g/mol. The number of esters is 1. The Kier molecular flexibility index (Phi) is 4.26. The first kappa shape index (κ1) is 12.9. The smallest absolute Gasteiger partial charge is 0.325 e. The number of nitrogens with two attached hydrogens (primary N) is 1. The SMILES string of the molecule is CCOC(=O)CNC(=O)C1(C)COCC1N. The van der Waals surface area contributed by atoms with Crippen LogP contribution in [-0.2, 0) is 19.1 Å². The van der Waals surface area contributed by atoms with E-state index in [1.165, 1.54) is 0 Å². The Morgan fingerprint density at radius 2 is 2.31 bits per heavy atom. The van der Waals surface area contributed by atoms with Crippen LogP contribution in [0.5, 0.6) is 0 Å². The Bertz CT molecular complexity index is 282. The van der Waals surface area contributed by atoms with E-state index in [2.05, 4.69) is 5.32 Å². The highest BCUT2D eigenvalue weighted by Crippen LogP contribution is 2.26. The third kappa shape index (κ3) is 2.70. The number of amides is 1. The summed E-state index contributed by atoms with van der Waals surface area (Å²) in [7, 11) is 0. The Labute approximate surface area is 94.5 Å². The number of carbonyl (C=O) groups is 2. The first-order valence-corrected chi connectivity index (χ1v) is 5.28. The molecule has 16 heavy (non-hydrogen) atoms. The fourth-order valence-corrected chi connectivity index (χ4v) is 1.49. The quantitative estimate of drug-likeness (QED) is 0.606. The molecule has 1 rings (SSSR count). The molecule has 2 atom stereocenters. The molecule has 1 aliphatic rings. The van der Waals surface area contributed by atoms with Crippen LogP contribution in [0.4, 0.5) is 0 Å². The van der Waals surface area contributed by atoms with Crippen molar-refractivity contribution >= 4 is 11.9 Å². The highest BCUT2D eigenvalue weighted by molar-refractivity contribution is 5.87. The van der Waals surface area contributed by atoms with Gasteiger partial charge in [-0.25, -0.2) is 0 Å². The maximum absolute atomic E-state index is 11.8. The number of ether oxygens (including phenoxy) is 2. The Morgan fingerprint density at radius 1 is 1.62 bits per heavy atom. The van der Waals surface area contributed by atoms with Crippen molar-refractivity contribution in [2.75, 3.05) is 26.4 Å². The fraction of sp³-hybridized carbons (Fsp3) is 0.800.